The van der Waals surface area contributed by atoms with E-state index >= 15 is 0 Å². The van der Waals surface area contributed by atoms with Crippen LogP contribution in [0.3, 0.4) is 0 Å². The Kier molecular flexibility index (Phi) is 7.51. The van der Waals surface area contributed by atoms with Gasteiger partial charge in [-0.1, -0.05) is 29.0 Å². The number of rotatable bonds is 8. The summed E-state index contributed by atoms with van der Waals surface area (Å²) in [4.78, 5) is 24.4. The summed E-state index contributed by atoms with van der Waals surface area (Å²) in [6.07, 6.45) is 3.37. The number of fused-ring (bicyclic) bond motifs is 1. The van der Waals surface area contributed by atoms with Crippen molar-refractivity contribution >= 4 is 59.9 Å². The lowest BCUT2D eigenvalue weighted by molar-refractivity contribution is 0.0985. The minimum Gasteiger partial charge on any atom is -0.497 e. The molecule has 11 heteroatoms. The van der Waals surface area contributed by atoms with E-state index in [0.717, 1.165) is 21.3 Å². The molecule has 0 atom stereocenters. The highest BCUT2D eigenvalue weighted by Crippen LogP contribution is 2.34. The molecule has 198 valence electrons. The van der Waals surface area contributed by atoms with Crippen molar-refractivity contribution in [2.75, 3.05) is 16.7 Å². The Morgan fingerprint density at radius 3 is 2.49 bits per heavy atom. The molecule has 5 rings (SSSR count). The fourth-order valence-corrected chi connectivity index (χ4v) is 6.44. The maximum absolute atomic E-state index is 13.8. The van der Waals surface area contributed by atoms with Crippen LogP contribution in [0.4, 0.5) is 10.8 Å². The van der Waals surface area contributed by atoms with Crippen LogP contribution >= 0.6 is 22.9 Å². The highest BCUT2D eigenvalue weighted by Gasteiger charge is 2.23. The van der Waals surface area contributed by atoms with Crippen LogP contribution in [0.1, 0.15) is 21.5 Å². The van der Waals surface area contributed by atoms with Gasteiger partial charge in [-0.3, -0.25) is 19.4 Å². The summed E-state index contributed by atoms with van der Waals surface area (Å²) < 4.78 is 34.1. The molecule has 0 aliphatic carbocycles. The first-order chi connectivity index (χ1) is 18.7. The molecule has 0 aliphatic rings. The molecule has 2 heterocycles. The molecule has 0 bridgehead atoms. The third kappa shape index (κ3) is 5.88. The number of hydrogen-bond donors (Lipinski definition) is 1. The van der Waals surface area contributed by atoms with E-state index in [1.165, 1.54) is 30.6 Å². The Labute approximate surface area is 234 Å². The second-order valence-electron chi connectivity index (χ2n) is 8.68. The number of thiazole rings is 1. The van der Waals surface area contributed by atoms with Crippen molar-refractivity contribution in [1.82, 2.24) is 9.97 Å². The standard InChI is InChI=1S/C28H23ClN4O4S2/c1-18-14-21(29)15-25-26(18)31-28(38-25)33(17-19-4-3-13-30-16-19)27(34)20-5-7-22(8-6-20)32-39(35,36)24-11-9-23(37-2)10-12-24/h3-16,32H,17H2,1-2H3. The van der Waals surface area contributed by atoms with E-state index in [4.69, 9.17) is 21.3 Å². The second-order valence-corrected chi connectivity index (χ2v) is 11.8. The number of carbonyl (C=O) groups is 1. The Morgan fingerprint density at radius 1 is 1.08 bits per heavy atom. The molecule has 0 saturated heterocycles. The number of carbonyl (C=O) groups excluding carboxylic acids is 1. The third-order valence-electron chi connectivity index (χ3n) is 5.93. The molecule has 39 heavy (non-hydrogen) atoms. The van der Waals surface area contributed by atoms with Crippen LogP contribution in [0.15, 0.2) is 90.1 Å². The lowest BCUT2D eigenvalue weighted by atomic mass is 10.1. The zero-order valence-corrected chi connectivity index (χ0v) is 23.3. The summed E-state index contributed by atoms with van der Waals surface area (Å²) in [5, 5.41) is 1.13. The molecular weight excluding hydrogens is 556 g/mol. The number of pyridine rings is 1. The number of nitrogens with zero attached hydrogens (tertiary/aromatic N) is 3. The Hall–Kier alpha value is -3.99. The molecule has 1 N–H and O–H groups in total. The second kappa shape index (κ2) is 11.0. The van der Waals surface area contributed by atoms with Gasteiger partial charge in [-0.05, 0) is 84.8 Å². The number of benzene rings is 3. The highest BCUT2D eigenvalue weighted by molar-refractivity contribution is 7.92. The molecule has 0 spiro atoms. The Morgan fingerprint density at radius 2 is 1.82 bits per heavy atom. The van der Waals surface area contributed by atoms with Gasteiger partial charge in [0.05, 0.1) is 28.8 Å². The van der Waals surface area contributed by atoms with E-state index in [1.54, 1.807) is 53.7 Å². The number of halogens is 1. The van der Waals surface area contributed by atoms with Crippen molar-refractivity contribution in [3.8, 4) is 5.75 Å². The summed E-state index contributed by atoms with van der Waals surface area (Å²) >= 11 is 7.63. The van der Waals surface area contributed by atoms with Gasteiger partial charge in [0.15, 0.2) is 5.13 Å². The Balaban J connectivity index is 1.43. The van der Waals surface area contributed by atoms with E-state index in [9.17, 15) is 13.2 Å². The van der Waals surface area contributed by atoms with Gasteiger partial charge in [0.25, 0.3) is 15.9 Å². The van der Waals surface area contributed by atoms with Crippen molar-refractivity contribution in [2.45, 2.75) is 18.4 Å². The number of ether oxygens (including phenoxy) is 1. The molecule has 0 unspecified atom stereocenters. The van der Waals surface area contributed by atoms with Crippen molar-refractivity contribution in [3.05, 3.63) is 107 Å². The van der Waals surface area contributed by atoms with Gasteiger partial charge in [0.2, 0.25) is 0 Å². The molecule has 1 amide bonds. The third-order valence-corrected chi connectivity index (χ3v) is 8.57. The van der Waals surface area contributed by atoms with Crippen LogP contribution in [0.25, 0.3) is 10.2 Å². The number of hydrogen-bond acceptors (Lipinski definition) is 7. The lowest BCUT2D eigenvalue weighted by Gasteiger charge is -2.20. The van der Waals surface area contributed by atoms with Crippen LogP contribution in [-0.2, 0) is 16.6 Å². The van der Waals surface area contributed by atoms with Crippen LogP contribution < -0.4 is 14.4 Å². The van der Waals surface area contributed by atoms with Crippen molar-refractivity contribution in [3.63, 3.8) is 0 Å². The molecule has 8 nitrogen and oxygen atoms in total. The van der Waals surface area contributed by atoms with Crippen LogP contribution in [-0.4, -0.2) is 31.4 Å². The van der Waals surface area contributed by atoms with Crippen LogP contribution in [0, 0.1) is 6.92 Å². The molecule has 3 aromatic carbocycles. The van der Waals surface area contributed by atoms with E-state index in [-0.39, 0.29) is 17.3 Å². The SMILES string of the molecule is COc1ccc(S(=O)(=O)Nc2ccc(C(=O)N(Cc3cccnc3)c3nc4c(C)cc(Cl)cc4s3)cc2)cc1. The molecule has 0 radical (unpaired) electrons. The zero-order chi connectivity index (χ0) is 27.6. The van der Waals surface area contributed by atoms with E-state index in [1.807, 2.05) is 31.2 Å². The molecule has 0 aliphatic heterocycles. The zero-order valence-electron chi connectivity index (χ0n) is 21.0. The average Bonchev–Trinajstić information content (AvgIpc) is 3.36. The number of amides is 1. The van der Waals surface area contributed by atoms with E-state index in [2.05, 4.69) is 9.71 Å². The number of anilines is 2. The molecule has 5 aromatic rings. The van der Waals surface area contributed by atoms with Gasteiger partial charge in [0, 0.05) is 28.7 Å². The van der Waals surface area contributed by atoms with E-state index < -0.39 is 10.0 Å². The smallest absolute Gasteiger partial charge is 0.261 e. The van der Waals surface area contributed by atoms with E-state index in [0.29, 0.717) is 27.2 Å². The predicted octanol–water partition coefficient (Wildman–Crippen LogP) is 6.31. The molecule has 0 saturated carbocycles. The first-order valence-electron chi connectivity index (χ1n) is 11.8. The summed E-state index contributed by atoms with van der Waals surface area (Å²) in [5.74, 6) is 0.269. The van der Waals surface area contributed by atoms with Crippen molar-refractivity contribution in [2.24, 2.45) is 0 Å². The molecule has 2 aromatic heterocycles. The van der Waals surface area contributed by atoms with Crippen molar-refractivity contribution in [1.29, 1.82) is 0 Å². The summed E-state index contributed by atoms with van der Waals surface area (Å²) in [5.41, 5.74) is 3.24. The predicted molar refractivity (Wildman–Crippen MR) is 154 cm³/mol. The van der Waals surface area contributed by atoms with Gasteiger partial charge in [-0.2, -0.15) is 0 Å². The fourth-order valence-electron chi connectivity index (χ4n) is 3.96. The van der Waals surface area contributed by atoms with Crippen LogP contribution in [0.2, 0.25) is 5.02 Å². The normalized spacial score (nSPS) is 11.4. The quantitative estimate of drug-likeness (QED) is 0.231. The average molecular weight is 579 g/mol. The maximum atomic E-state index is 13.8. The Bertz CT molecular complexity index is 1740. The number of sulfonamides is 1. The minimum atomic E-state index is -3.82. The first kappa shape index (κ1) is 26.6. The highest BCUT2D eigenvalue weighted by atomic mass is 35.5. The summed E-state index contributed by atoms with van der Waals surface area (Å²) in [6, 6.07) is 19.7. The largest absolute Gasteiger partial charge is 0.497 e. The number of aryl methyl sites for hydroxylation is 1. The number of nitrogens with one attached hydrogen (secondary N) is 1. The van der Waals surface area contributed by atoms with Crippen molar-refractivity contribution < 1.29 is 17.9 Å². The monoisotopic (exact) mass is 578 g/mol. The minimum absolute atomic E-state index is 0.0948. The molecular formula is C28H23ClN4O4S2. The van der Waals surface area contributed by atoms with Crippen LogP contribution in [0.5, 0.6) is 5.75 Å². The molecule has 0 fully saturated rings. The summed E-state index contributed by atoms with van der Waals surface area (Å²) in [7, 11) is -2.31. The lowest BCUT2D eigenvalue weighted by Crippen LogP contribution is -2.30. The fraction of sp³-hybridized carbons (Fsp3) is 0.107. The van der Waals surface area contributed by atoms with Gasteiger partial charge < -0.3 is 4.74 Å². The number of aromatic nitrogens is 2. The van der Waals surface area contributed by atoms with Gasteiger partial charge >= 0.3 is 0 Å². The topological polar surface area (TPSA) is 101 Å². The van der Waals surface area contributed by atoms with Gasteiger partial charge in [-0.15, -0.1) is 0 Å². The summed E-state index contributed by atoms with van der Waals surface area (Å²) in [6.45, 7) is 2.18. The first-order valence-corrected chi connectivity index (χ1v) is 14.5. The maximum Gasteiger partial charge on any atom is 0.261 e. The van der Waals surface area contributed by atoms with Gasteiger partial charge in [0.1, 0.15) is 5.75 Å². The number of methoxy groups -OCH3 is 1. The van der Waals surface area contributed by atoms with Gasteiger partial charge in [-0.25, -0.2) is 13.4 Å².